The summed E-state index contributed by atoms with van der Waals surface area (Å²) in [6.07, 6.45) is 4.87. The molecular weight excluding hydrogens is 254 g/mol. The van der Waals surface area contributed by atoms with Gasteiger partial charge in [0.15, 0.2) is 0 Å². The molecule has 0 bridgehead atoms. The maximum atomic E-state index is 12.0. The van der Waals surface area contributed by atoms with Gasteiger partial charge in [0.2, 0.25) is 5.91 Å². The number of pyridine rings is 1. The second kappa shape index (κ2) is 6.27. The number of aryl methyl sites for hydroxylation is 2. The summed E-state index contributed by atoms with van der Waals surface area (Å²) >= 11 is 0. The molecule has 0 saturated carbocycles. The van der Waals surface area contributed by atoms with E-state index in [4.69, 9.17) is 0 Å². The molecule has 0 radical (unpaired) electrons. The minimum Gasteiger partial charge on any atom is -0.352 e. The monoisotopic (exact) mass is 273 g/mol. The highest BCUT2D eigenvalue weighted by atomic mass is 16.1. The van der Waals surface area contributed by atoms with Gasteiger partial charge in [0.05, 0.1) is 12.5 Å². The third-order valence-corrected chi connectivity index (χ3v) is 3.24. The summed E-state index contributed by atoms with van der Waals surface area (Å²) in [7, 11) is 0. The second-order valence-electron chi connectivity index (χ2n) is 4.98. The summed E-state index contributed by atoms with van der Waals surface area (Å²) in [5.74, 6) is -0.157. The van der Waals surface area contributed by atoms with Gasteiger partial charge >= 0.3 is 0 Å². The maximum absolute atomic E-state index is 12.0. The molecule has 20 heavy (non-hydrogen) atoms. The van der Waals surface area contributed by atoms with E-state index in [0.717, 1.165) is 16.8 Å². The van der Waals surface area contributed by atoms with Crippen molar-refractivity contribution >= 4 is 5.91 Å². The molecule has 0 aromatic carbocycles. The highest BCUT2D eigenvalue weighted by molar-refractivity contribution is 5.78. The number of amides is 1. The Morgan fingerprint density at radius 1 is 1.45 bits per heavy atom. The van der Waals surface area contributed by atoms with Crippen LogP contribution in [0.4, 0.5) is 0 Å². The topological polar surface area (TPSA) is 72.7 Å². The number of carbonyl (C=O) groups is 1. The van der Waals surface area contributed by atoms with Gasteiger partial charge in [0.25, 0.3) is 0 Å². The summed E-state index contributed by atoms with van der Waals surface area (Å²) in [4.78, 5) is 20.1. The summed E-state index contributed by atoms with van der Waals surface area (Å²) in [5, 5.41) is 6.91. The van der Waals surface area contributed by atoms with E-state index in [1.165, 1.54) is 6.33 Å². The molecule has 0 aliphatic heterocycles. The van der Waals surface area contributed by atoms with Gasteiger partial charge in [-0.05, 0) is 25.0 Å². The van der Waals surface area contributed by atoms with Crippen molar-refractivity contribution in [2.45, 2.75) is 33.9 Å². The predicted octanol–water partition coefficient (Wildman–Crippen LogP) is 1.24. The van der Waals surface area contributed by atoms with E-state index < -0.39 is 0 Å². The fourth-order valence-electron chi connectivity index (χ4n) is 1.85. The molecule has 1 amide bonds. The quantitative estimate of drug-likeness (QED) is 0.889. The van der Waals surface area contributed by atoms with Gasteiger partial charge < -0.3 is 5.32 Å². The van der Waals surface area contributed by atoms with E-state index in [1.54, 1.807) is 17.2 Å². The predicted molar refractivity (Wildman–Crippen MR) is 74.7 cm³/mol. The SMILES string of the molecule is Cc1cc(CNC(=O)C(C)Cn2cncn2)cnc1C. The average Bonchev–Trinajstić information content (AvgIpc) is 2.92. The lowest BCUT2D eigenvalue weighted by atomic mass is 10.1. The number of hydrogen-bond acceptors (Lipinski definition) is 4. The van der Waals surface area contributed by atoms with Gasteiger partial charge in [-0.1, -0.05) is 13.0 Å². The molecule has 1 unspecified atom stereocenters. The maximum Gasteiger partial charge on any atom is 0.224 e. The van der Waals surface area contributed by atoms with Crippen LogP contribution >= 0.6 is 0 Å². The Morgan fingerprint density at radius 2 is 2.25 bits per heavy atom. The third-order valence-electron chi connectivity index (χ3n) is 3.24. The summed E-state index contributed by atoms with van der Waals surface area (Å²) in [6, 6.07) is 2.05. The molecule has 6 nitrogen and oxygen atoms in total. The Labute approximate surface area is 118 Å². The molecule has 0 fully saturated rings. The van der Waals surface area contributed by atoms with Gasteiger partial charge in [-0.3, -0.25) is 14.5 Å². The van der Waals surface area contributed by atoms with Crippen LogP contribution in [-0.2, 0) is 17.9 Å². The van der Waals surface area contributed by atoms with Crippen LogP contribution in [0.3, 0.4) is 0 Å². The Bertz CT molecular complexity index is 579. The molecule has 2 aromatic heterocycles. The number of aromatic nitrogens is 4. The fourth-order valence-corrected chi connectivity index (χ4v) is 1.85. The van der Waals surface area contributed by atoms with E-state index in [1.807, 2.05) is 26.8 Å². The number of nitrogens with zero attached hydrogens (tertiary/aromatic N) is 4. The van der Waals surface area contributed by atoms with E-state index in [9.17, 15) is 4.79 Å². The molecule has 1 atom stereocenters. The largest absolute Gasteiger partial charge is 0.352 e. The van der Waals surface area contributed by atoms with Gasteiger partial charge in [-0.2, -0.15) is 5.10 Å². The second-order valence-corrected chi connectivity index (χ2v) is 4.98. The molecule has 1 N–H and O–H groups in total. The van der Waals surface area contributed by atoms with Crippen molar-refractivity contribution in [3.05, 3.63) is 41.7 Å². The molecule has 0 saturated heterocycles. The van der Waals surface area contributed by atoms with Crippen molar-refractivity contribution < 1.29 is 4.79 Å². The number of rotatable bonds is 5. The summed E-state index contributed by atoms with van der Waals surface area (Å²) in [5.41, 5.74) is 3.15. The van der Waals surface area contributed by atoms with Crippen LogP contribution in [0.1, 0.15) is 23.7 Å². The molecular formula is C14H19N5O. The Hall–Kier alpha value is -2.24. The van der Waals surface area contributed by atoms with E-state index >= 15 is 0 Å². The van der Waals surface area contributed by atoms with Crippen molar-refractivity contribution in [3.63, 3.8) is 0 Å². The van der Waals surface area contributed by atoms with Crippen molar-refractivity contribution in [1.29, 1.82) is 0 Å². The van der Waals surface area contributed by atoms with Crippen molar-refractivity contribution in [3.8, 4) is 0 Å². The van der Waals surface area contributed by atoms with Crippen LogP contribution < -0.4 is 5.32 Å². The Balaban J connectivity index is 1.86. The molecule has 2 heterocycles. The van der Waals surface area contributed by atoms with Crippen molar-refractivity contribution in [2.24, 2.45) is 5.92 Å². The van der Waals surface area contributed by atoms with E-state index in [2.05, 4.69) is 20.4 Å². The van der Waals surface area contributed by atoms with Gasteiger partial charge in [-0.25, -0.2) is 4.98 Å². The lowest BCUT2D eigenvalue weighted by Gasteiger charge is -2.12. The normalized spacial score (nSPS) is 12.2. The number of nitrogens with one attached hydrogen (secondary N) is 1. The number of hydrogen-bond donors (Lipinski definition) is 1. The average molecular weight is 273 g/mol. The van der Waals surface area contributed by atoms with Gasteiger partial charge in [0, 0.05) is 18.4 Å². The molecule has 6 heteroatoms. The van der Waals surface area contributed by atoms with E-state index in [-0.39, 0.29) is 11.8 Å². The minimum absolute atomic E-state index is 0.00118. The molecule has 106 valence electrons. The van der Waals surface area contributed by atoms with Crippen LogP contribution in [0.5, 0.6) is 0 Å². The lowest BCUT2D eigenvalue weighted by Crippen LogP contribution is -2.31. The zero-order chi connectivity index (χ0) is 14.5. The van der Waals surface area contributed by atoms with Crippen LogP contribution in [0, 0.1) is 19.8 Å². The van der Waals surface area contributed by atoms with Crippen LogP contribution in [0.15, 0.2) is 24.9 Å². The first kappa shape index (κ1) is 14.2. The molecule has 0 aliphatic rings. The zero-order valence-corrected chi connectivity index (χ0v) is 12.0. The van der Waals surface area contributed by atoms with Crippen molar-refractivity contribution in [1.82, 2.24) is 25.1 Å². The minimum atomic E-state index is -0.156. The molecule has 2 aromatic rings. The highest BCUT2D eigenvalue weighted by Gasteiger charge is 2.13. The smallest absolute Gasteiger partial charge is 0.224 e. The molecule has 0 aliphatic carbocycles. The first-order valence-electron chi connectivity index (χ1n) is 6.58. The summed E-state index contributed by atoms with van der Waals surface area (Å²) < 4.78 is 1.65. The Morgan fingerprint density at radius 3 is 2.90 bits per heavy atom. The standard InChI is InChI=1S/C14H19N5O/c1-10-4-13(5-16-12(10)3)6-17-14(20)11(2)7-19-9-15-8-18-19/h4-5,8-9,11H,6-7H2,1-3H3,(H,17,20). The van der Waals surface area contributed by atoms with Gasteiger partial charge in [-0.15, -0.1) is 0 Å². The zero-order valence-electron chi connectivity index (χ0n) is 12.0. The third kappa shape index (κ3) is 3.63. The lowest BCUT2D eigenvalue weighted by molar-refractivity contribution is -0.125. The van der Waals surface area contributed by atoms with Crippen LogP contribution in [0.25, 0.3) is 0 Å². The van der Waals surface area contributed by atoms with Crippen LogP contribution in [-0.4, -0.2) is 25.7 Å². The Kier molecular flexibility index (Phi) is 4.45. The first-order valence-corrected chi connectivity index (χ1v) is 6.58. The van der Waals surface area contributed by atoms with Crippen LogP contribution in [0.2, 0.25) is 0 Å². The van der Waals surface area contributed by atoms with Crippen molar-refractivity contribution in [2.75, 3.05) is 0 Å². The summed E-state index contributed by atoms with van der Waals surface area (Å²) in [6.45, 7) is 6.88. The highest BCUT2D eigenvalue weighted by Crippen LogP contribution is 2.07. The van der Waals surface area contributed by atoms with E-state index in [0.29, 0.717) is 13.1 Å². The number of carbonyl (C=O) groups excluding carboxylic acids is 1. The fraction of sp³-hybridized carbons (Fsp3) is 0.429. The first-order chi connectivity index (χ1) is 9.56. The molecule has 0 spiro atoms. The molecule has 2 rings (SSSR count). The van der Waals surface area contributed by atoms with Gasteiger partial charge in [0.1, 0.15) is 12.7 Å².